The molecule has 0 N–H and O–H groups in total. The largest absolute Gasteiger partial charge is 0.321 e. The molecule has 3 aliphatic heterocycles. The molecule has 0 spiro atoms. The minimum Gasteiger partial charge on any atom is -0.321 e. The molecule has 7 heteroatoms. The van der Waals surface area contributed by atoms with Crippen LogP contribution in [0.2, 0.25) is 0 Å². The molecule has 3 fully saturated rings. The summed E-state index contributed by atoms with van der Waals surface area (Å²) in [6.45, 7) is 2.74. The van der Waals surface area contributed by atoms with E-state index in [2.05, 4.69) is 21.9 Å². The van der Waals surface area contributed by atoms with Crippen molar-refractivity contribution in [1.82, 2.24) is 14.1 Å². The third kappa shape index (κ3) is 3.28. The fraction of sp³-hybridized carbons (Fsp3) is 0.632. The molecule has 142 valence electrons. The number of amides is 1. The highest BCUT2D eigenvalue weighted by Crippen LogP contribution is 2.40. The first-order chi connectivity index (χ1) is 12.4. The van der Waals surface area contributed by atoms with Crippen LogP contribution in [0.5, 0.6) is 0 Å². The Morgan fingerprint density at radius 3 is 2.38 bits per heavy atom. The van der Waals surface area contributed by atoms with Gasteiger partial charge in [-0.2, -0.15) is 0 Å². The number of benzene rings is 1. The lowest BCUT2D eigenvalue weighted by molar-refractivity contribution is -0.139. The summed E-state index contributed by atoms with van der Waals surface area (Å²) in [6.07, 6.45) is 4.87. The molecular formula is C19H27N3O3S. The van der Waals surface area contributed by atoms with Crippen LogP contribution in [0, 0.1) is 5.92 Å². The maximum Gasteiger partial charge on any atom is 0.227 e. The number of rotatable bonds is 3. The highest BCUT2D eigenvalue weighted by atomic mass is 32.2. The van der Waals surface area contributed by atoms with Crippen LogP contribution in [0.15, 0.2) is 30.3 Å². The van der Waals surface area contributed by atoms with Crippen LogP contribution in [0.3, 0.4) is 0 Å². The van der Waals surface area contributed by atoms with Crippen molar-refractivity contribution in [1.29, 1.82) is 0 Å². The standard InChI is InChI=1S/C19H27N3O3S/c1-26(24,25)20-12-9-16(10-13-20)19(23)22-14-17-8-5-11-21(17)18(22)15-6-3-2-4-7-15/h2-4,6-7,16-18H,5,8-14H2,1H3. The van der Waals surface area contributed by atoms with E-state index >= 15 is 0 Å². The number of hydrogen-bond acceptors (Lipinski definition) is 4. The third-order valence-corrected chi connectivity index (χ3v) is 7.40. The number of carbonyl (C=O) groups excluding carboxylic acids is 1. The topological polar surface area (TPSA) is 60.9 Å². The van der Waals surface area contributed by atoms with Crippen molar-refractivity contribution in [2.24, 2.45) is 5.92 Å². The minimum atomic E-state index is -3.16. The normalized spacial score (nSPS) is 28.4. The smallest absolute Gasteiger partial charge is 0.227 e. The molecule has 0 aromatic heterocycles. The summed E-state index contributed by atoms with van der Waals surface area (Å²) in [4.78, 5) is 17.8. The van der Waals surface area contributed by atoms with E-state index in [1.807, 2.05) is 18.2 Å². The monoisotopic (exact) mass is 377 g/mol. The summed E-state index contributed by atoms with van der Waals surface area (Å²) in [7, 11) is -3.16. The third-order valence-electron chi connectivity index (χ3n) is 6.09. The lowest BCUT2D eigenvalue weighted by atomic mass is 9.96. The second-order valence-electron chi connectivity index (χ2n) is 7.75. The maximum absolute atomic E-state index is 13.3. The Hall–Kier alpha value is -1.44. The van der Waals surface area contributed by atoms with Crippen molar-refractivity contribution >= 4 is 15.9 Å². The van der Waals surface area contributed by atoms with E-state index in [-0.39, 0.29) is 18.0 Å². The lowest BCUT2D eigenvalue weighted by Gasteiger charge is -2.35. The van der Waals surface area contributed by atoms with Crippen molar-refractivity contribution in [3.63, 3.8) is 0 Å². The van der Waals surface area contributed by atoms with E-state index in [1.54, 1.807) is 0 Å². The Balaban J connectivity index is 1.52. The van der Waals surface area contributed by atoms with E-state index < -0.39 is 10.0 Å². The van der Waals surface area contributed by atoms with E-state index in [4.69, 9.17) is 0 Å². The Morgan fingerprint density at radius 2 is 1.73 bits per heavy atom. The van der Waals surface area contributed by atoms with Gasteiger partial charge >= 0.3 is 0 Å². The van der Waals surface area contributed by atoms with E-state index in [0.717, 1.165) is 19.5 Å². The second kappa shape index (κ2) is 6.94. The Bertz CT molecular complexity index is 759. The van der Waals surface area contributed by atoms with Crippen molar-refractivity contribution in [3.8, 4) is 0 Å². The van der Waals surface area contributed by atoms with Gasteiger partial charge in [0.1, 0.15) is 6.17 Å². The predicted octanol–water partition coefficient (Wildman–Crippen LogP) is 1.66. The van der Waals surface area contributed by atoms with Crippen molar-refractivity contribution in [2.45, 2.75) is 37.9 Å². The van der Waals surface area contributed by atoms with Crippen LogP contribution in [-0.2, 0) is 14.8 Å². The SMILES string of the molecule is CS(=O)(=O)N1CCC(C(=O)N2CC3CCCN3C2c2ccccc2)CC1. The molecule has 3 aliphatic rings. The molecule has 0 radical (unpaired) electrons. The van der Waals surface area contributed by atoms with Crippen LogP contribution in [0.25, 0.3) is 0 Å². The summed E-state index contributed by atoms with van der Waals surface area (Å²) < 4.78 is 24.9. The van der Waals surface area contributed by atoms with Gasteiger partial charge in [-0.25, -0.2) is 12.7 Å². The highest BCUT2D eigenvalue weighted by Gasteiger charge is 2.46. The van der Waals surface area contributed by atoms with E-state index in [1.165, 1.54) is 22.5 Å². The fourth-order valence-electron chi connectivity index (χ4n) is 4.76. The van der Waals surface area contributed by atoms with Gasteiger partial charge in [0, 0.05) is 38.1 Å². The molecule has 26 heavy (non-hydrogen) atoms. The number of sulfonamides is 1. The summed E-state index contributed by atoms with van der Waals surface area (Å²) in [5, 5.41) is 0. The zero-order valence-corrected chi connectivity index (χ0v) is 16.1. The summed E-state index contributed by atoms with van der Waals surface area (Å²) in [6, 6.07) is 10.8. The number of hydrogen-bond donors (Lipinski definition) is 0. The van der Waals surface area contributed by atoms with Gasteiger partial charge < -0.3 is 4.90 Å². The zero-order chi connectivity index (χ0) is 18.3. The van der Waals surface area contributed by atoms with Gasteiger partial charge in [0.05, 0.1) is 6.26 Å². The van der Waals surface area contributed by atoms with Crippen molar-refractivity contribution < 1.29 is 13.2 Å². The maximum atomic E-state index is 13.3. The number of piperidine rings is 1. The number of fused-ring (bicyclic) bond motifs is 1. The summed E-state index contributed by atoms with van der Waals surface area (Å²) in [5.41, 5.74) is 1.18. The van der Waals surface area contributed by atoms with Gasteiger partial charge in [-0.3, -0.25) is 9.69 Å². The predicted molar refractivity (Wildman–Crippen MR) is 99.8 cm³/mol. The first-order valence-electron chi connectivity index (χ1n) is 9.51. The number of carbonyl (C=O) groups is 1. The Labute approximate surface area is 155 Å². The molecule has 4 rings (SSSR count). The molecule has 0 saturated carbocycles. The average molecular weight is 378 g/mol. The van der Waals surface area contributed by atoms with Crippen LogP contribution in [0.4, 0.5) is 0 Å². The molecule has 3 saturated heterocycles. The first-order valence-corrected chi connectivity index (χ1v) is 11.4. The van der Waals surface area contributed by atoms with Crippen molar-refractivity contribution in [2.75, 3.05) is 32.4 Å². The van der Waals surface area contributed by atoms with Gasteiger partial charge in [-0.05, 0) is 31.2 Å². The fourth-order valence-corrected chi connectivity index (χ4v) is 5.63. The molecule has 0 bridgehead atoms. The first kappa shape index (κ1) is 17.9. The summed E-state index contributed by atoms with van der Waals surface area (Å²) in [5.74, 6) is 0.126. The quantitative estimate of drug-likeness (QED) is 0.804. The molecule has 3 heterocycles. The summed E-state index contributed by atoms with van der Waals surface area (Å²) >= 11 is 0. The molecular weight excluding hydrogens is 350 g/mol. The van der Waals surface area contributed by atoms with Crippen LogP contribution in [-0.4, -0.2) is 66.9 Å². The minimum absolute atomic E-state index is 0.0316. The van der Waals surface area contributed by atoms with Gasteiger partial charge in [0.25, 0.3) is 0 Å². The second-order valence-corrected chi connectivity index (χ2v) is 9.73. The molecule has 1 amide bonds. The van der Waals surface area contributed by atoms with Crippen LogP contribution in [0.1, 0.15) is 37.4 Å². The molecule has 2 unspecified atom stereocenters. The number of nitrogens with zero attached hydrogens (tertiary/aromatic N) is 3. The van der Waals surface area contributed by atoms with Crippen molar-refractivity contribution in [3.05, 3.63) is 35.9 Å². The van der Waals surface area contributed by atoms with Gasteiger partial charge in [0.2, 0.25) is 15.9 Å². The molecule has 6 nitrogen and oxygen atoms in total. The van der Waals surface area contributed by atoms with E-state index in [0.29, 0.717) is 32.0 Å². The van der Waals surface area contributed by atoms with Gasteiger partial charge in [-0.15, -0.1) is 0 Å². The zero-order valence-electron chi connectivity index (χ0n) is 15.3. The molecule has 2 atom stereocenters. The highest BCUT2D eigenvalue weighted by molar-refractivity contribution is 7.88. The van der Waals surface area contributed by atoms with E-state index in [9.17, 15) is 13.2 Å². The van der Waals surface area contributed by atoms with Crippen LogP contribution >= 0.6 is 0 Å². The van der Waals surface area contributed by atoms with Gasteiger partial charge in [-0.1, -0.05) is 30.3 Å². The Morgan fingerprint density at radius 1 is 1.04 bits per heavy atom. The van der Waals surface area contributed by atoms with Gasteiger partial charge in [0.15, 0.2) is 0 Å². The molecule has 0 aliphatic carbocycles. The average Bonchev–Trinajstić information content (AvgIpc) is 3.22. The Kier molecular flexibility index (Phi) is 4.79. The lowest BCUT2D eigenvalue weighted by Crippen LogP contribution is -2.45. The molecule has 1 aromatic rings. The molecule has 1 aromatic carbocycles. The van der Waals surface area contributed by atoms with Crippen LogP contribution < -0.4 is 0 Å².